The molecule has 0 bridgehead atoms. The van der Waals surface area contributed by atoms with Gasteiger partial charge in [0.2, 0.25) is 0 Å². The molecule has 20 heavy (non-hydrogen) atoms. The predicted octanol–water partition coefficient (Wildman–Crippen LogP) is 2.60. The first-order valence-corrected chi connectivity index (χ1v) is 6.73. The SMILES string of the molecule is N#Cc1cccc(S(=O)(=O)Oc2ccc(F)cc2F)c1. The quantitative estimate of drug-likeness (QED) is 0.816. The summed E-state index contributed by atoms with van der Waals surface area (Å²) >= 11 is 0. The monoisotopic (exact) mass is 295 g/mol. The van der Waals surface area contributed by atoms with Gasteiger partial charge in [0, 0.05) is 6.07 Å². The Morgan fingerprint density at radius 2 is 1.85 bits per heavy atom. The van der Waals surface area contributed by atoms with E-state index in [1.807, 2.05) is 0 Å². The van der Waals surface area contributed by atoms with E-state index in [9.17, 15) is 17.2 Å². The number of nitriles is 1. The van der Waals surface area contributed by atoms with E-state index in [0.29, 0.717) is 6.07 Å². The third kappa shape index (κ3) is 2.92. The molecule has 4 nitrogen and oxygen atoms in total. The van der Waals surface area contributed by atoms with Gasteiger partial charge < -0.3 is 4.18 Å². The number of benzene rings is 2. The van der Waals surface area contributed by atoms with Gasteiger partial charge in [-0.3, -0.25) is 0 Å². The molecule has 0 aliphatic rings. The topological polar surface area (TPSA) is 67.2 Å². The van der Waals surface area contributed by atoms with E-state index in [1.165, 1.54) is 18.2 Å². The van der Waals surface area contributed by atoms with Gasteiger partial charge in [0.15, 0.2) is 11.6 Å². The summed E-state index contributed by atoms with van der Waals surface area (Å²) in [5, 5.41) is 8.70. The summed E-state index contributed by atoms with van der Waals surface area (Å²) in [6, 6.07) is 9.11. The molecule has 2 aromatic rings. The van der Waals surface area contributed by atoms with Crippen LogP contribution in [0.2, 0.25) is 0 Å². The van der Waals surface area contributed by atoms with Gasteiger partial charge in [0.1, 0.15) is 10.7 Å². The second-order valence-corrected chi connectivity index (χ2v) is 5.30. The fourth-order valence-electron chi connectivity index (χ4n) is 1.43. The lowest BCUT2D eigenvalue weighted by atomic mass is 10.2. The van der Waals surface area contributed by atoms with Crippen molar-refractivity contribution in [3.05, 3.63) is 59.7 Å². The standard InChI is InChI=1S/C13H7F2NO3S/c14-10-4-5-13(12(15)7-10)19-20(17,18)11-3-1-2-9(6-11)8-16/h1-7H. The molecule has 0 heterocycles. The second-order valence-electron chi connectivity index (χ2n) is 3.75. The summed E-state index contributed by atoms with van der Waals surface area (Å²) in [6.07, 6.45) is 0. The van der Waals surface area contributed by atoms with Crippen LogP contribution in [-0.4, -0.2) is 8.42 Å². The van der Waals surface area contributed by atoms with Crippen molar-refractivity contribution in [3.8, 4) is 11.8 Å². The average molecular weight is 295 g/mol. The zero-order valence-corrected chi connectivity index (χ0v) is 10.7. The number of nitrogens with zero attached hydrogens (tertiary/aromatic N) is 1. The van der Waals surface area contributed by atoms with Crippen molar-refractivity contribution in [2.24, 2.45) is 0 Å². The Hall–Kier alpha value is -2.46. The Kier molecular flexibility index (Phi) is 3.68. The lowest BCUT2D eigenvalue weighted by molar-refractivity contribution is 0.457. The van der Waals surface area contributed by atoms with Crippen molar-refractivity contribution in [1.29, 1.82) is 5.26 Å². The summed E-state index contributed by atoms with van der Waals surface area (Å²) in [7, 11) is -4.29. The van der Waals surface area contributed by atoms with Crippen molar-refractivity contribution in [2.45, 2.75) is 4.90 Å². The minimum absolute atomic E-state index is 0.120. The van der Waals surface area contributed by atoms with Crippen LogP contribution >= 0.6 is 0 Å². The fourth-order valence-corrected chi connectivity index (χ4v) is 2.41. The molecule has 0 amide bonds. The normalized spacial score (nSPS) is 10.8. The van der Waals surface area contributed by atoms with Gasteiger partial charge in [0.05, 0.1) is 11.6 Å². The first-order chi connectivity index (χ1) is 9.42. The Morgan fingerprint density at radius 3 is 2.50 bits per heavy atom. The molecule has 0 atom stereocenters. The first-order valence-electron chi connectivity index (χ1n) is 5.32. The molecule has 0 unspecified atom stereocenters. The van der Waals surface area contributed by atoms with Crippen molar-refractivity contribution in [2.75, 3.05) is 0 Å². The average Bonchev–Trinajstić information content (AvgIpc) is 2.42. The molecule has 102 valence electrons. The van der Waals surface area contributed by atoms with Gasteiger partial charge in [-0.05, 0) is 30.3 Å². The number of rotatable bonds is 3. The van der Waals surface area contributed by atoms with Gasteiger partial charge in [-0.1, -0.05) is 6.07 Å². The lowest BCUT2D eigenvalue weighted by Crippen LogP contribution is -2.11. The number of hydrogen-bond acceptors (Lipinski definition) is 4. The largest absolute Gasteiger partial charge is 0.376 e. The molecule has 0 aliphatic carbocycles. The van der Waals surface area contributed by atoms with Crippen molar-refractivity contribution >= 4 is 10.1 Å². The third-order valence-corrected chi connectivity index (χ3v) is 3.58. The summed E-state index contributed by atoms with van der Waals surface area (Å²) in [4.78, 5) is -0.291. The molecule has 0 fully saturated rings. The third-order valence-electron chi connectivity index (χ3n) is 2.35. The van der Waals surface area contributed by atoms with Gasteiger partial charge in [-0.15, -0.1) is 0 Å². The molecule has 2 rings (SSSR count). The van der Waals surface area contributed by atoms with Crippen LogP contribution in [0.1, 0.15) is 5.56 Å². The molecule has 0 N–H and O–H groups in total. The minimum Gasteiger partial charge on any atom is -0.376 e. The van der Waals surface area contributed by atoms with Gasteiger partial charge in [-0.25, -0.2) is 8.78 Å². The lowest BCUT2D eigenvalue weighted by Gasteiger charge is -2.07. The van der Waals surface area contributed by atoms with E-state index in [-0.39, 0.29) is 10.5 Å². The highest BCUT2D eigenvalue weighted by Gasteiger charge is 2.19. The molecule has 0 aliphatic heterocycles. The van der Waals surface area contributed by atoms with Crippen LogP contribution in [0.5, 0.6) is 5.75 Å². The van der Waals surface area contributed by atoms with Crippen LogP contribution in [0, 0.1) is 23.0 Å². The van der Waals surface area contributed by atoms with E-state index < -0.39 is 27.5 Å². The van der Waals surface area contributed by atoms with Crippen LogP contribution in [0.15, 0.2) is 47.4 Å². The molecule has 0 spiro atoms. The van der Waals surface area contributed by atoms with Crippen molar-refractivity contribution in [3.63, 3.8) is 0 Å². The highest BCUT2D eigenvalue weighted by Crippen LogP contribution is 2.23. The van der Waals surface area contributed by atoms with E-state index >= 15 is 0 Å². The highest BCUT2D eigenvalue weighted by molar-refractivity contribution is 7.87. The Bertz CT molecular complexity index is 798. The van der Waals surface area contributed by atoms with E-state index in [0.717, 1.165) is 18.2 Å². The molecule has 7 heteroatoms. The van der Waals surface area contributed by atoms with Crippen LogP contribution < -0.4 is 4.18 Å². The van der Waals surface area contributed by atoms with E-state index in [2.05, 4.69) is 4.18 Å². The molecular formula is C13H7F2NO3S. The Balaban J connectivity index is 2.38. The second kappa shape index (κ2) is 5.27. The zero-order valence-electron chi connectivity index (χ0n) is 9.88. The maximum absolute atomic E-state index is 13.4. The summed E-state index contributed by atoms with van der Waals surface area (Å²) in [5.74, 6) is -2.60. The molecular weight excluding hydrogens is 288 g/mol. The van der Waals surface area contributed by atoms with Gasteiger partial charge in [-0.2, -0.15) is 13.7 Å². The molecule has 2 aromatic carbocycles. The summed E-state index contributed by atoms with van der Waals surface area (Å²) in [5.41, 5.74) is 0.120. The maximum Gasteiger partial charge on any atom is 0.339 e. The Morgan fingerprint density at radius 1 is 1.10 bits per heavy atom. The zero-order chi connectivity index (χ0) is 14.8. The maximum atomic E-state index is 13.4. The number of halogens is 2. The molecule has 0 saturated heterocycles. The van der Waals surface area contributed by atoms with Gasteiger partial charge >= 0.3 is 10.1 Å². The van der Waals surface area contributed by atoms with E-state index in [1.54, 1.807) is 6.07 Å². The molecule has 0 radical (unpaired) electrons. The van der Waals surface area contributed by atoms with E-state index in [4.69, 9.17) is 5.26 Å². The molecule has 0 saturated carbocycles. The smallest absolute Gasteiger partial charge is 0.339 e. The van der Waals surface area contributed by atoms with Crippen molar-refractivity contribution < 1.29 is 21.4 Å². The van der Waals surface area contributed by atoms with Crippen LogP contribution in [0.25, 0.3) is 0 Å². The number of hydrogen-bond donors (Lipinski definition) is 0. The summed E-state index contributed by atoms with van der Waals surface area (Å²) in [6.45, 7) is 0. The highest BCUT2D eigenvalue weighted by atomic mass is 32.2. The molecule has 0 aromatic heterocycles. The van der Waals surface area contributed by atoms with Crippen LogP contribution in [-0.2, 0) is 10.1 Å². The predicted molar refractivity (Wildman–Crippen MR) is 65.3 cm³/mol. The Labute approximate surface area is 114 Å². The first kappa shape index (κ1) is 14.0. The summed E-state index contributed by atoms with van der Waals surface area (Å²) < 4.78 is 54.5. The van der Waals surface area contributed by atoms with Crippen LogP contribution in [0.3, 0.4) is 0 Å². The minimum atomic E-state index is -4.29. The van der Waals surface area contributed by atoms with Gasteiger partial charge in [0.25, 0.3) is 0 Å². The van der Waals surface area contributed by atoms with Crippen molar-refractivity contribution in [1.82, 2.24) is 0 Å². The fraction of sp³-hybridized carbons (Fsp3) is 0. The van der Waals surface area contributed by atoms with Crippen LogP contribution in [0.4, 0.5) is 8.78 Å².